The number of piperidine rings is 1. The van der Waals surface area contributed by atoms with E-state index in [1.807, 2.05) is 12.1 Å². The molecule has 2 aliphatic heterocycles. The van der Waals surface area contributed by atoms with E-state index in [9.17, 15) is 8.42 Å². The van der Waals surface area contributed by atoms with Crippen molar-refractivity contribution in [3.63, 3.8) is 0 Å². The van der Waals surface area contributed by atoms with Gasteiger partial charge in [-0.25, -0.2) is 8.42 Å². The van der Waals surface area contributed by atoms with Gasteiger partial charge >= 0.3 is 0 Å². The van der Waals surface area contributed by atoms with Gasteiger partial charge in [0.15, 0.2) is 0 Å². The molecule has 21 heavy (non-hydrogen) atoms. The van der Waals surface area contributed by atoms with Crippen molar-refractivity contribution in [1.82, 2.24) is 9.62 Å². The van der Waals surface area contributed by atoms with Gasteiger partial charge in [-0.3, -0.25) is 9.71 Å². The molecule has 1 aromatic rings. The Bertz CT molecular complexity index is 674. The Hall–Kier alpha value is -1.40. The summed E-state index contributed by atoms with van der Waals surface area (Å²) in [5.41, 5.74) is 0.844. The lowest BCUT2D eigenvalue weighted by Gasteiger charge is -2.36. The van der Waals surface area contributed by atoms with Crippen molar-refractivity contribution >= 4 is 15.9 Å². The number of benzene rings is 1. The molecule has 3 rings (SSSR count). The first-order valence-corrected chi connectivity index (χ1v) is 8.73. The summed E-state index contributed by atoms with van der Waals surface area (Å²) < 4.78 is 26.7. The van der Waals surface area contributed by atoms with Gasteiger partial charge in [0.25, 0.3) is 10.0 Å². The van der Waals surface area contributed by atoms with E-state index in [2.05, 4.69) is 28.6 Å². The predicted octanol–water partition coefficient (Wildman–Crippen LogP) is 1.46. The summed E-state index contributed by atoms with van der Waals surface area (Å²) in [5.74, 6) is 0.491. The standard InChI is InChI=1S/C15H21N3O2S/c1-15(7-9-18(2)10-8-15)11-16-14-12-5-3-4-6-13(12)21(19,20)17-14/h3-6H,7-11H2,1-2H3,(H,16,17). The van der Waals surface area contributed by atoms with Crippen molar-refractivity contribution in [2.75, 3.05) is 26.7 Å². The third-order valence-electron chi connectivity index (χ3n) is 4.48. The van der Waals surface area contributed by atoms with E-state index < -0.39 is 10.0 Å². The largest absolute Gasteiger partial charge is 0.306 e. The average molecular weight is 307 g/mol. The number of aliphatic imine (C=N–C) groups is 1. The summed E-state index contributed by atoms with van der Waals surface area (Å²) in [6.45, 7) is 5.04. The molecular formula is C15H21N3O2S. The van der Waals surface area contributed by atoms with E-state index in [0.717, 1.165) is 25.9 Å². The molecule has 0 aromatic heterocycles. The first-order chi connectivity index (χ1) is 9.90. The Morgan fingerprint density at radius 1 is 1.29 bits per heavy atom. The van der Waals surface area contributed by atoms with Gasteiger partial charge in [0.05, 0.1) is 4.90 Å². The Labute approximate surface area is 126 Å². The van der Waals surface area contributed by atoms with E-state index in [0.29, 0.717) is 22.8 Å². The zero-order valence-electron chi connectivity index (χ0n) is 12.5. The number of nitrogens with zero attached hydrogens (tertiary/aromatic N) is 2. The van der Waals surface area contributed by atoms with Crippen LogP contribution in [0.15, 0.2) is 34.2 Å². The lowest BCUT2D eigenvalue weighted by molar-refractivity contribution is 0.147. The molecule has 0 unspecified atom stereocenters. The van der Waals surface area contributed by atoms with Crippen LogP contribution >= 0.6 is 0 Å². The van der Waals surface area contributed by atoms with Crippen LogP contribution in [0.1, 0.15) is 25.3 Å². The van der Waals surface area contributed by atoms with Gasteiger partial charge in [-0.2, -0.15) is 0 Å². The number of nitrogens with one attached hydrogen (secondary N) is 1. The van der Waals surface area contributed by atoms with Gasteiger partial charge in [0.2, 0.25) is 0 Å². The summed E-state index contributed by atoms with van der Waals surface area (Å²) in [6.07, 6.45) is 2.18. The van der Waals surface area contributed by atoms with Crippen LogP contribution in [0.3, 0.4) is 0 Å². The minimum absolute atomic E-state index is 0.155. The molecule has 0 aliphatic carbocycles. The molecule has 0 spiro atoms. The highest BCUT2D eigenvalue weighted by Gasteiger charge is 2.32. The summed E-state index contributed by atoms with van der Waals surface area (Å²) in [4.78, 5) is 7.24. The predicted molar refractivity (Wildman–Crippen MR) is 83.0 cm³/mol. The van der Waals surface area contributed by atoms with Crippen LogP contribution in [0.4, 0.5) is 0 Å². The van der Waals surface area contributed by atoms with Crippen molar-refractivity contribution in [3.8, 4) is 0 Å². The molecule has 6 heteroatoms. The first kappa shape index (κ1) is 14.5. The topological polar surface area (TPSA) is 61.8 Å². The molecule has 1 saturated heterocycles. The molecular weight excluding hydrogens is 286 g/mol. The van der Waals surface area contributed by atoms with Crippen molar-refractivity contribution in [2.24, 2.45) is 10.4 Å². The lowest BCUT2D eigenvalue weighted by atomic mass is 9.80. The van der Waals surface area contributed by atoms with E-state index in [1.165, 1.54) is 0 Å². The van der Waals surface area contributed by atoms with Crippen LogP contribution in [0.5, 0.6) is 0 Å². The van der Waals surface area contributed by atoms with Crippen molar-refractivity contribution in [2.45, 2.75) is 24.7 Å². The van der Waals surface area contributed by atoms with Crippen LogP contribution in [0.2, 0.25) is 0 Å². The molecule has 1 fully saturated rings. The molecule has 1 N–H and O–H groups in total. The van der Waals surface area contributed by atoms with Crippen LogP contribution in [0.25, 0.3) is 0 Å². The Balaban J connectivity index is 1.82. The summed E-state index contributed by atoms with van der Waals surface area (Å²) in [7, 11) is -1.29. The van der Waals surface area contributed by atoms with Crippen molar-refractivity contribution < 1.29 is 8.42 Å². The van der Waals surface area contributed by atoms with Crippen molar-refractivity contribution in [3.05, 3.63) is 29.8 Å². The number of fused-ring (bicyclic) bond motifs is 1. The van der Waals surface area contributed by atoms with E-state index in [1.54, 1.807) is 12.1 Å². The third kappa shape index (κ3) is 2.82. The Kier molecular flexibility index (Phi) is 3.53. The van der Waals surface area contributed by atoms with Crippen LogP contribution < -0.4 is 4.72 Å². The molecule has 2 heterocycles. The third-order valence-corrected chi connectivity index (χ3v) is 5.87. The lowest BCUT2D eigenvalue weighted by Crippen LogP contribution is -2.38. The zero-order chi connectivity index (χ0) is 15.1. The average Bonchev–Trinajstić information content (AvgIpc) is 2.73. The maximum Gasteiger partial charge on any atom is 0.263 e. The molecule has 0 atom stereocenters. The number of likely N-dealkylation sites (tertiary alicyclic amines) is 1. The van der Waals surface area contributed by atoms with Crippen LogP contribution in [0, 0.1) is 5.41 Å². The van der Waals surface area contributed by atoms with Gasteiger partial charge in [0.1, 0.15) is 5.84 Å². The van der Waals surface area contributed by atoms with E-state index >= 15 is 0 Å². The molecule has 0 radical (unpaired) electrons. The molecule has 2 aliphatic rings. The van der Waals surface area contributed by atoms with Crippen LogP contribution in [-0.4, -0.2) is 45.8 Å². The second-order valence-corrected chi connectivity index (χ2v) is 8.03. The smallest absolute Gasteiger partial charge is 0.263 e. The summed E-state index contributed by atoms with van der Waals surface area (Å²) in [5, 5.41) is 0. The second-order valence-electron chi connectivity index (χ2n) is 6.38. The fraction of sp³-hybridized carbons (Fsp3) is 0.533. The van der Waals surface area contributed by atoms with Gasteiger partial charge in [-0.1, -0.05) is 19.1 Å². The molecule has 114 valence electrons. The number of hydrogen-bond acceptors (Lipinski definition) is 4. The minimum Gasteiger partial charge on any atom is -0.306 e. The van der Waals surface area contributed by atoms with Gasteiger partial charge in [-0.15, -0.1) is 0 Å². The molecule has 5 nitrogen and oxygen atoms in total. The Morgan fingerprint density at radius 2 is 1.95 bits per heavy atom. The molecule has 1 aromatic carbocycles. The molecule has 0 amide bonds. The second kappa shape index (κ2) is 5.10. The van der Waals surface area contributed by atoms with E-state index in [4.69, 9.17) is 0 Å². The number of rotatable bonds is 2. The van der Waals surface area contributed by atoms with Crippen molar-refractivity contribution in [1.29, 1.82) is 0 Å². The normalized spacial score (nSPS) is 25.5. The first-order valence-electron chi connectivity index (χ1n) is 7.25. The van der Waals surface area contributed by atoms with Crippen LogP contribution in [-0.2, 0) is 10.0 Å². The molecule has 0 bridgehead atoms. The maximum absolute atomic E-state index is 12.0. The number of hydrogen-bond donors (Lipinski definition) is 1. The SMILES string of the molecule is CN1CCC(C)(CN=C2NS(=O)(=O)c3ccccc32)CC1. The summed E-state index contributed by atoms with van der Waals surface area (Å²) in [6, 6.07) is 7.01. The Morgan fingerprint density at radius 3 is 2.67 bits per heavy atom. The quantitative estimate of drug-likeness (QED) is 0.900. The summed E-state index contributed by atoms with van der Waals surface area (Å²) >= 11 is 0. The fourth-order valence-electron chi connectivity index (χ4n) is 2.84. The van der Waals surface area contributed by atoms with E-state index in [-0.39, 0.29) is 5.41 Å². The van der Waals surface area contributed by atoms with Gasteiger partial charge in [-0.05, 0) is 50.5 Å². The highest BCUT2D eigenvalue weighted by atomic mass is 32.2. The van der Waals surface area contributed by atoms with Gasteiger partial charge < -0.3 is 4.90 Å². The maximum atomic E-state index is 12.0. The minimum atomic E-state index is -3.43. The fourth-order valence-corrected chi connectivity index (χ4v) is 4.09. The van der Waals surface area contributed by atoms with Gasteiger partial charge in [0, 0.05) is 12.1 Å². The molecule has 0 saturated carbocycles. The number of sulfonamides is 1. The highest BCUT2D eigenvalue weighted by Crippen LogP contribution is 2.31. The number of amidine groups is 1. The highest BCUT2D eigenvalue weighted by molar-refractivity contribution is 7.90. The monoisotopic (exact) mass is 307 g/mol. The zero-order valence-corrected chi connectivity index (χ0v) is 13.3.